The van der Waals surface area contributed by atoms with Crippen molar-refractivity contribution >= 4 is 46.4 Å². The molecule has 0 amide bonds. The highest BCUT2D eigenvalue weighted by molar-refractivity contribution is 14.0. The third kappa shape index (κ3) is 8.00. The van der Waals surface area contributed by atoms with Crippen LogP contribution in [-0.2, 0) is 15.9 Å². The van der Waals surface area contributed by atoms with Crippen LogP contribution in [-0.4, -0.2) is 70.6 Å². The van der Waals surface area contributed by atoms with E-state index in [2.05, 4.69) is 25.9 Å². The van der Waals surface area contributed by atoms with E-state index >= 15 is 0 Å². The zero-order valence-corrected chi connectivity index (χ0v) is 20.0. The van der Waals surface area contributed by atoms with Crippen LogP contribution in [0.3, 0.4) is 0 Å². The van der Waals surface area contributed by atoms with Gasteiger partial charge in [0.2, 0.25) is 0 Å². The van der Waals surface area contributed by atoms with Crippen LogP contribution >= 0.6 is 35.3 Å². The Hall–Kier alpha value is -0.650. The van der Waals surface area contributed by atoms with E-state index in [-0.39, 0.29) is 24.0 Å². The van der Waals surface area contributed by atoms with Gasteiger partial charge in [0.15, 0.2) is 11.1 Å². The van der Waals surface area contributed by atoms with Gasteiger partial charge in [-0.1, -0.05) is 0 Å². The Kier molecular flexibility index (Phi) is 11.4. The normalized spacial score (nSPS) is 19.7. The smallest absolute Gasteiger partial charge is 0.190 e. The molecule has 1 aromatic rings. The number of nitrogens with one attached hydrogen (secondary N) is 2. The van der Waals surface area contributed by atoms with Gasteiger partial charge in [-0.3, -0.25) is 4.99 Å². The Balaban J connectivity index is 0.00000280. The van der Waals surface area contributed by atoms with Crippen LogP contribution in [0.2, 0.25) is 0 Å². The number of thiazole rings is 1. The van der Waals surface area contributed by atoms with Crippen molar-refractivity contribution < 1.29 is 9.47 Å². The zero-order valence-electron chi connectivity index (χ0n) is 16.8. The minimum Gasteiger partial charge on any atom is -0.381 e. The summed E-state index contributed by atoms with van der Waals surface area (Å²) in [5, 5.41) is 10.1. The number of nitrogens with zero attached hydrogens (tertiary/aromatic N) is 3. The summed E-state index contributed by atoms with van der Waals surface area (Å²) in [5.74, 6) is 1.43. The van der Waals surface area contributed by atoms with Gasteiger partial charge in [-0.2, -0.15) is 0 Å². The quantitative estimate of drug-likeness (QED) is 0.213. The maximum atomic E-state index is 5.73. The fourth-order valence-corrected chi connectivity index (χ4v) is 4.25. The Labute approximate surface area is 189 Å². The number of rotatable bonds is 10. The highest BCUT2D eigenvalue weighted by Gasteiger charge is 2.16. The van der Waals surface area contributed by atoms with Crippen LogP contribution in [0, 0.1) is 5.92 Å². The van der Waals surface area contributed by atoms with Crippen molar-refractivity contribution in [2.24, 2.45) is 10.9 Å². The summed E-state index contributed by atoms with van der Waals surface area (Å²) >= 11 is 1.76. The molecule has 2 aliphatic rings. The van der Waals surface area contributed by atoms with Gasteiger partial charge in [0, 0.05) is 64.2 Å². The first-order valence-corrected chi connectivity index (χ1v) is 11.0. The summed E-state index contributed by atoms with van der Waals surface area (Å²) in [6.45, 7) is 7.33. The predicted octanol–water partition coefficient (Wildman–Crippen LogP) is 2.51. The van der Waals surface area contributed by atoms with E-state index in [9.17, 15) is 0 Å². The number of anilines is 1. The molecular weight excluding hydrogens is 489 g/mol. The molecule has 2 fully saturated rings. The molecular formula is C19H34IN5O2S. The predicted molar refractivity (Wildman–Crippen MR) is 126 cm³/mol. The Bertz CT molecular complexity index is 574. The van der Waals surface area contributed by atoms with Gasteiger partial charge < -0.3 is 25.0 Å². The Morgan fingerprint density at radius 2 is 2.18 bits per heavy atom. The molecule has 1 unspecified atom stereocenters. The molecule has 3 rings (SSSR count). The summed E-state index contributed by atoms with van der Waals surface area (Å²) in [6, 6.07) is 0. The van der Waals surface area contributed by atoms with Gasteiger partial charge in [0.1, 0.15) is 0 Å². The van der Waals surface area contributed by atoms with Crippen LogP contribution < -0.4 is 15.5 Å². The van der Waals surface area contributed by atoms with Crippen molar-refractivity contribution in [1.29, 1.82) is 0 Å². The molecule has 0 radical (unpaired) electrons. The van der Waals surface area contributed by atoms with Crippen molar-refractivity contribution in [3.8, 4) is 0 Å². The summed E-state index contributed by atoms with van der Waals surface area (Å²) in [7, 11) is 1.81. The highest BCUT2D eigenvalue weighted by Crippen LogP contribution is 2.24. The first-order chi connectivity index (χ1) is 13.3. The van der Waals surface area contributed by atoms with Crippen molar-refractivity contribution in [1.82, 2.24) is 15.6 Å². The van der Waals surface area contributed by atoms with Gasteiger partial charge in [-0.15, -0.1) is 35.3 Å². The average Bonchev–Trinajstić information content (AvgIpc) is 3.45. The van der Waals surface area contributed by atoms with Gasteiger partial charge >= 0.3 is 0 Å². The third-order valence-corrected chi connectivity index (χ3v) is 5.90. The summed E-state index contributed by atoms with van der Waals surface area (Å²) in [6.07, 6.45) is 5.60. The van der Waals surface area contributed by atoms with E-state index in [4.69, 9.17) is 14.5 Å². The molecule has 160 valence electrons. The van der Waals surface area contributed by atoms with Crippen LogP contribution in [0.1, 0.15) is 31.4 Å². The minimum absolute atomic E-state index is 0. The largest absolute Gasteiger partial charge is 0.381 e. The van der Waals surface area contributed by atoms with Crippen molar-refractivity contribution in [3.63, 3.8) is 0 Å². The lowest BCUT2D eigenvalue weighted by atomic mass is 10.1. The molecule has 7 nitrogen and oxygen atoms in total. The van der Waals surface area contributed by atoms with Crippen molar-refractivity contribution in [3.05, 3.63) is 11.1 Å². The van der Waals surface area contributed by atoms with Gasteiger partial charge in [-0.05, 0) is 25.7 Å². The molecule has 9 heteroatoms. The van der Waals surface area contributed by atoms with Crippen molar-refractivity contribution in [2.45, 2.75) is 32.1 Å². The van der Waals surface area contributed by atoms with Crippen LogP contribution in [0.5, 0.6) is 0 Å². The fraction of sp³-hybridized carbons (Fsp3) is 0.789. The van der Waals surface area contributed by atoms with E-state index in [1.165, 1.54) is 18.0 Å². The number of aromatic nitrogens is 1. The highest BCUT2D eigenvalue weighted by atomic mass is 127. The first kappa shape index (κ1) is 23.6. The second-order valence-electron chi connectivity index (χ2n) is 7.15. The number of guanidine groups is 1. The summed E-state index contributed by atoms with van der Waals surface area (Å²) in [4.78, 5) is 11.4. The molecule has 1 aromatic heterocycles. The lowest BCUT2D eigenvalue weighted by Crippen LogP contribution is -2.39. The maximum Gasteiger partial charge on any atom is 0.190 e. The molecule has 2 N–H and O–H groups in total. The Morgan fingerprint density at radius 3 is 2.93 bits per heavy atom. The molecule has 0 saturated carbocycles. The van der Waals surface area contributed by atoms with Gasteiger partial charge in [0.25, 0.3) is 0 Å². The molecule has 3 heterocycles. The number of aliphatic imine (C=N–C) groups is 1. The number of hydrogen-bond acceptors (Lipinski definition) is 6. The molecule has 2 saturated heterocycles. The van der Waals surface area contributed by atoms with E-state index in [0.29, 0.717) is 5.92 Å². The van der Waals surface area contributed by atoms with Crippen molar-refractivity contribution in [2.75, 3.05) is 64.6 Å². The van der Waals surface area contributed by atoms with E-state index < -0.39 is 0 Å². The number of halogens is 1. The second-order valence-corrected chi connectivity index (χ2v) is 7.99. The molecule has 28 heavy (non-hydrogen) atoms. The van der Waals surface area contributed by atoms with Gasteiger partial charge in [-0.25, -0.2) is 4.98 Å². The molecule has 0 bridgehead atoms. The fourth-order valence-electron chi connectivity index (χ4n) is 3.34. The standard InChI is InChI=1S/C19H33N5O2S.HI/c1-20-18(21-7-4-11-25-13-16-6-12-26-14-16)22-8-5-17-15-27-19(23-17)24-9-2-3-10-24;/h15-16H,2-14H2,1H3,(H2,20,21,22);1H. The first-order valence-electron chi connectivity index (χ1n) is 10.1. The SMILES string of the molecule is CN=C(NCCCOCC1CCOC1)NCCc1csc(N2CCCC2)n1.I. The summed E-state index contributed by atoms with van der Waals surface area (Å²) < 4.78 is 11.1. The zero-order chi connectivity index (χ0) is 18.7. The lowest BCUT2D eigenvalue weighted by molar-refractivity contribution is 0.0888. The maximum absolute atomic E-state index is 5.73. The topological polar surface area (TPSA) is 71.0 Å². The average molecular weight is 523 g/mol. The minimum atomic E-state index is 0. The van der Waals surface area contributed by atoms with Crippen LogP contribution in [0.25, 0.3) is 0 Å². The number of ether oxygens (including phenoxy) is 2. The molecule has 1 atom stereocenters. The molecule has 2 aliphatic heterocycles. The Morgan fingerprint density at radius 1 is 1.36 bits per heavy atom. The van der Waals surface area contributed by atoms with Crippen LogP contribution in [0.15, 0.2) is 10.4 Å². The molecule has 0 aliphatic carbocycles. The van der Waals surface area contributed by atoms with Gasteiger partial charge in [0.05, 0.1) is 18.9 Å². The second kappa shape index (κ2) is 13.6. The van der Waals surface area contributed by atoms with Crippen LogP contribution in [0.4, 0.5) is 5.13 Å². The monoisotopic (exact) mass is 523 g/mol. The third-order valence-electron chi connectivity index (χ3n) is 4.95. The summed E-state index contributed by atoms with van der Waals surface area (Å²) in [5.41, 5.74) is 1.16. The lowest BCUT2D eigenvalue weighted by Gasteiger charge is -2.13. The molecule has 0 spiro atoms. The van der Waals surface area contributed by atoms with E-state index in [0.717, 1.165) is 83.5 Å². The molecule has 0 aromatic carbocycles. The van der Waals surface area contributed by atoms with E-state index in [1.54, 1.807) is 18.4 Å². The number of hydrogen-bond donors (Lipinski definition) is 2. The van der Waals surface area contributed by atoms with E-state index in [1.807, 2.05) is 0 Å².